The van der Waals surface area contributed by atoms with Crippen molar-refractivity contribution in [3.8, 4) is 5.75 Å². The van der Waals surface area contributed by atoms with Gasteiger partial charge in [0.15, 0.2) is 0 Å². The molecule has 4 nitrogen and oxygen atoms in total. The number of benzene rings is 1. The number of phenols is 1. The van der Waals surface area contributed by atoms with Crippen LogP contribution in [-0.2, 0) is 13.1 Å². The Labute approximate surface area is 114 Å². The molecule has 0 aliphatic heterocycles. The number of aromatic nitrogens is 2. The lowest BCUT2D eigenvalue weighted by molar-refractivity contribution is 0.414. The molecular weight excluding hydrogens is 238 g/mol. The van der Waals surface area contributed by atoms with Gasteiger partial charge in [0.2, 0.25) is 0 Å². The van der Waals surface area contributed by atoms with E-state index >= 15 is 0 Å². The van der Waals surface area contributed by atoms with Crippen LogP contribution in [-0.4, -0.2) is 20.4 Å². The molecule has 0 unspecified atom stereocenters. The zero-order chi connectivity index (χ0) is 13.9. The Balaban J connectivity index is 2.07. The van der Waals surface area contributed by atoms with Gasteiger partial charge in [-0.25, -0.2) is 0 Å². The van der Waals surface area contributed by atoms with E-state index in [-0.39, 0.29) is 5.54 Å². The Kier molecular flexibility index (Phi) is 3.90. The van der Waals surface area contributed by atoms with Gasteiger partial charge in [0.1, 0.15) is 5.75 Å². The molecule has 0 bridgehead atoms. The molecule has 2 rings (SSSR count). The molecule has 0 saturated carbocycles. The molecule has 0 atom stereocenters. The summed E-state index contributed by atoms with van der Waals surface area (Å²) in [6.45, 7) is 7.87. The van der Waals surface area contributed by atoms with Gasteiger partial charge in [-0.15, -0.1) is 0 Å². The summed E-state index contributed by atoms with van der Waals surface area (Å²) < 4.78 is 1.95. The third kappa shape index (κ3) is 4.10. The second kappa shape index (κ2) is 5.45. The van der Waals surface area contributed by atoms with E-state index in [9.17, 15) is 5.11 Å². The van der Waals surface area contributed by atoms with Crippen LogP contribution in [0.1, 0.15) is 32.0 Å². The molecule has 0 spiro atoms. The van der Waals surface area contributed by atoms with Crippen LogP contribution in [0.5, 0.6) is 5.75 Å². The van der Waals surface area contributed by atoms with Crippen molar-refractivity contribution >= 4 is 0 Å². The predicted octanol–water partition coefficient (Wildman–Crippen LogP) is 2.53. The molecule has 1 aromatic carbocycles. The molecule has 2 aromatic rings. The Morgan fingerprint density at radius 3 is 2.74 bits per heavy atom. The van der Waals surface area contributed by atoms with Gasteiger partial charge in [-0.05, 0) is 44.5 Å². The maximum atomic E-state index is 9.48. The summed E-state index contributed by atoms with van der Waals surface area (Å²) in [5.74, 6) is 0.291. The van der Waals surface area contributed by atoms with Crippen molar-refractivity contribution in [2.75, 3.05) is 0 Å². The first-order valence-electron chi connectivity index (χ1n) is 6.48. The molecule has 1 aromatic heterocycles. The molecule has 0 aliphatic rings. The monoisotopic (exact) mass is 259 g/mol. The lowest BCUT2D eigenvalue weighted by Gasteiger charge is -2.20. The highest BCUT2D eigenvalue weighted by Gasteiger charge is 2.10. The highest BCUT2D eigenvalue weighted by atomic mass is 16.3. The number of nitrogens with zero attached hydrogens (tertiary/aromatic N) is 2. The first-order chi connectivity index (χ1) is 8.94. The van der Waals surface area contributed by atoms with Gasteiger partial charge in [0.25, 0.3) is 0 Å². The lowest BCUT2D eigenvalue weighted by Crippen LogP contribution is -2.35. The third-order valence-corrected chi connectivity index (χ3v) is 2.85. The number of hydrogen-bond donors (Lipinski definition) is 2. The molecule has 4 heteroatoms. The number of nitrogens with one attached hydrogen (secondary N) is 1. The topological polar surface area (TPSA) is 50.1 Å². The molecule has 2 N–H and O–H groups in total. The number of hydrogen-bond acceptors (Lipinski definition) is 3. The average molecular weight is 259 g/mol. The van der Waals surface area contributed by atoms with Crippen molar-refractivity contribution in [3.63, 3.8) is 0 Å². The van der Waals surface area contributed by atoms with Crippen LogP contribution in [0.4, 0.5) is 0 Å². The summed E-state index contributed by atoms with van der Waals surface area (Å²) in [5.41, 5.74) is 2.26. The second-order valence-corrected chi connectivity index (χ2v) is 5.75. The van der Waals surface area contributed by atoms with E-state index in [1.54, 1.807) is 12.1 Å². The largest absolute Gasteiger partial charge is 0.508 e. The SMILES string of the molecule is CC(C)(C)NCc1ccnn1Cc1cccc(O)c1. The molecular formula is C15H21N3O. The number of aromatic hydroxyl groups is 1. The summed E-state index contributed by atoms with van der Waals surface area (Å²) in [7, 11) is 0. The molecule has 0 fully saturated rings. The summed E-state index contributed by atoms with van der Waals surface area (Å²) in [6, 6.07) is 9.29. The van der Waals surface area contributed by atoms with Crippen molar-refractivity contribution in [1.29, 1.82) is 0 Å². The zero-order valence-corrected chi connectivity index (χ0v) is 11.7. The molecule has 0 amide bonds. The summed E-state index contributed by atoms with van der Waals surface area (Å²) >= 11 is 0. The fraction of sp³-hybridized carbons (Fsp3) is 0.400. The number of rotatable bonds is 4. The first kappa shape index (κ1) is 13.6. The molecule has 1 heterocycles. The van der Waals surface area contributed by atoms with Crippen LogP contribution in [0.25, 0.3) is 0 Å². The Morgan fingerprint density at radius 1 is 1.26 bits per heavy atom. The summed E-state index contributed by atoms with van der Waals surface area (Å²) in [5, 5.41) is 17.3. The molecule has 0 saturated heterocycles. The number of phenolic OH excluding ortho intramolecular Hbond substituents is 1. The van der Waals surface area contributed by atoms with Gasteiger partial charge < -0.3 is 10.4 Å². The van der Waals surface area contributed by atoms with E-state index in [4.69, 9.17) is 0 Å². The molecule has 102 valence electrons. The van der Waals surface area contributed by atoms with Crippen LogP contribution < -0.4 is 5.32 Å². The highest BCUT2D eigenvalue weighted by molar-refractivity contribution is 5.27. The van der Waals surface area contributed by atoms with Gasteiger partial charge >= 0.3 is 0 Å². The van der Waals surface area contributed by atoms with Gasteiger partial charge in [0.05, 0.1) is 12.2 Å². The van der Waals surface area contributed by atoms with Crippen molar-refractivity contribution in [2.45, 2.75) is 39.4 Å². The smallest absolute Gasteiger partial charge is 0.115 e. The minimum Gasteiger partial charge on any atom is -0.508 e. The van der Waals surface area contributed by atoms with E-state index in [1.807, 2.05) is 29.1 Å². The average Bonchev–Trinajstić information content (AvgIpc) is 2.73. The van der Waals surface area contributed by atoms with Crippen molar-refractivity contribution in [3.05, 3.63) is 47.8 Å². The lowest BCUT2D eigenvalue weighted by atomic mass is 10.1. The van der Waals surface area contributed by atoms with Crippen molar-refractivity contribution < 1.29 is 5.11 Å². The second-order valence-electron chi connectivity index (χ2n) is 5.75. The normalized spacial score (nSPS) is 11.7. The van der Waals surface area contributed by atoms with E-state index < -0.39 is 0 Å². The van der Waals surface area contributed by atoms with Crippen LogP contribution in [0.3, 0.4) is 0 Å². The summed E-state index contributed by atoms with van der Waals surface area (Å²) in [4.78, 5) is 0. The minimum absolute atomic E-state index is 0.0834. The molecule has 0 aliphatic carbocycles. The first-order valence-corrected chi connectivity index (χ1v) is 6.48. The van der Waals surface area contributed by atoms with Gasteiger partial charge in [-0.3, -0.25) is 4.68 Å². The Morgan fingerprint density at radius 2 is 2.05 bits per heavy atom. The predicted molar refractivity (Wildman–Crippen MR) is 76.0 cm³/mol. The Hall–Kier alpha value is -1.81. The standard InChI is InChI=1S/C15H21N3O/c1-15(2,3)16-10-13-7-8-17-18(13)11-12-5-4-6-14(19)9-12/h4-9,16,19H,10-11H2,1-3H3. The van der Waals surface area contributed by atoms with Crippen molar-refractivity contribution in [1.82, 2.24) is 15.1 Å². The quantitative estimate of drug-likeness (QED) is 0.887. The molecule has 19 heavy (non-hydrogen) atoms. The maximum absolute atomic E-state index is 9.48. The fourth-order valence-corrected chi connectivity index (χ4v) is 1.84. The Bertz CT molecular complexity index is 540. The van der Waals surface area contributed by atoms with Gasteiger partial charge in [0, 0.05) is 18.3 Å². The van der Waals surface area contributed by atoms with Crippen LogP contribution in [0.2, 0.25) is 0 Å². The minimum atomic E-state index is 0.0834. The van der Waals surface area contributed by atoms with E-state index in [2.05, 4.69) is 31.2 Å². The molecule has 0 radical (unpaired) electrons. The zero-order valence-electron chi connectivity index (χ0n) is 11.7. The van der Waals surface area contributed by atoms with Crippen LogP contribution in [0.15, 0.2) is 36.5 Å². The van der Waals surface area contributed by atoms with Crippen LogP contribution in [0, 0.1) is 0 Å². The van der Waals surface area contributed by atoms with Crippen LogP contribution >= 0.6 is 0 Å². The van der Waals surface area contributed by atoms with Gasteiger partial charge in [-0.2, -0.15) is 5.10 Å². The maximum Gasteiger partial charge on any atom is 0.115 e. The van der Waals surface area contributed by atoms with E-state index in [0.717, 1.165) is 17.8 Å². The highest BCUT2D eigenvalue weighted by Crippen LogP contribution is 2.13. The fourth-order valence-electron chi connectivity index (χ4n) is 1.84. The van der Waals surface area contributed by atoms with Gasteiger partial charge in [-0.1, -0.05) is 12.1 Å². The summed E-state index contributed by atoms with van der Waals surface area (Å²) in [6.07, 6.45) is 1.81. The van der Waals surface area contributed by atoms with Crippen molar-refractivity contribution in [2.24, 2.45) is 0 Å². The van der Waals surface area contributed by atoms with E-state index in [1.165, 1.54) is 0 Å². The van der Waals surface area contributed by atoms with E-state index in [0.29, 0.717) is 12.3 Å². The third-order valence-electron chi connectivity index (χ3n) is 2.85.